The van der Waals surface area contributed by atoms with Crippen LogP contribution in [0.5, 0.6) is 11.5 Å². The van der Waals surface area contributed by atoms with E-state index < -0.39 is 17.9 Å². The summed E-state index contributed by atoms with van der Waals surface area (Å²) in [6, 6.07) is 9.52. The normalized spacial score (nSPS) is 13.6. The van der Waals surface area contributed by atoms with Gasteiger partial charge in [-0.05, 0) is 72.1 Å². The van der Waals surface area contributed by atoms with Crippen LogP contribution in [0, 0.1) is 5.82 Å². The van der Waals surface area contributed by atoms with E-state index in [1.807, 2.05) is 6.92 Å². The number of hydrogen-bond donors (Lipinski definition) is 0. The first-order valence-electron chi connectivity index (χ1n) is 11.6. The molecule has 0 atom stereocenters. The highest BCUT2D eigenvalue weighted by Gasteiger charge is 2.36. The van der Waals surface area contributed by atoms with Gasteiger partial charge < -0.3 is 23.8 Å². The van der Waals surface area contributed by atoms with Crippen LogP contribution in [0.4, 0.5) is 4.39 Å². The van der Waals surface area contributed by atoms with Gasteiger partial charge in [-0.15, -0.1) is 0 Å². The van der Waals surface area contributed by atoms with E-state index in [1.165, 1.54) is 19.2 Å². The van der Waals surface area contributed by atoms with Gasteiger partial charge >= 0.3 is 11.9 Å². The quantitative estimate of drug-likeness (QED) is 0.355. The maximum atomic E-state index is 13.4. The Morgan fingerprint density at radius 1 is 0.944 bits per heavy atom. The average molecular weight is 562 g/mol. The molecule has 1 aliphatic rings. The number of hydrogen-bond acceptors (Lipinski definition) is 7. The molecule has 0 saturated heterocycles. The van der Waals surface area contributed by atoms with E-state index in [0.29, 0.717) is 34.7 Å². The Balaban J connectivity index is 2.15. The lowest BCUT2D eigenvalue weighted by Crippen LogP contribution is -2.29. The predicted octanol–water partition coefficient (Wildman–Crippen LogP) is 5.49. The van der Waals surface area contributed by atoms with Gasteiger partial charge in [0.05, 0.1) is 48.5 Å². The molecule has 0 bridgehead atoms. The molecule has 7 nitrogen and oxygen atoms in total. The minimum absolute atomic E-state index is 0.162. The molecule has 1 heterocycles. The lowest BCUT2D eigenvalue weighted by atomic mass is 9.83. The maximum Gasteiger partial charge on any atom is 0.336 e. The number of carbonyl (C=O) groups is 2. The third-order valence-corrected chi connectivity index (χ3v) is 6.00. The Morgan fingerprint density at radius 3 is 2.03 bits per heavy atom. The van der Waals surface area contributed by atoms with Crippen LogP contribution in [0.3, 0.4) is 0 Å². The first kappa shape index (κ1) is 27.3. The predicted molar refractivity (Wildman–Crippen MR) is 136 cm³/mol. The molecule has 0 amide bonds. The number of esters is 2. The van der Waals surface area contributed by atoms with Crippen LogP contribution in [0.25, 0.3) is 0 Å². The Hall–Kier alpha value is -3.33. The van der Waals surface area contributed by atoms with Crippen LogP contribution < -0.4 is 9.47 Å². The first-order valence-corrected chi connectivity index (χ1v) is 12.4. The van der Waals surface area contributed by atoms with E-state index in [-0.39, 0.29) is 30.2 Å². The van der Waals surface area contributed by atoms with Crippen molar-refractivity contribution < 1.29 is 32.9 Å². The van der Waals surface area contributed by atoms with Gasteiger partial charge in [0.15, 0.2) is 11.5 Å². The van der Waals surface area contributed by atoms with Crippen molar-refractivity contribution in [3.05, 3.63) is 81.4 Å². The summed E-state index contributed by atoms with van der Waals surface area (Å²) in [7, 11) is 1.52. The fraction of sp³-hybridized carbons (Fsp3) is 0.333. The zero-order valence-corrected chi connectivity index (χ0v) is 22.3. The molecule has 0 spiro atoms. The molecular formula is C27H29BrFNO6. The topological polar surface area (TPSA) is 74.3 Å². The molecule has 0 N–H and O–H groups in total. The lowest BCUT2D eigenvalue weighted by Gasteiger charge is -2.31. The van der Waals surface area contributed by atoms with E-state index in [1.54, 1.807) is 55.4 Å². The summed E-state index contributed by atoms with van der Waals surface area (Å²) in [4.78, 5) is 28.0. The van der Waals surface area contributed by atoms with Crippen molar-refractivity contribution in [1.29, 1.82) is 0 Å². The molecule has 9 heteroatoms. The third kappa shape index (κ3) is 6.26. The minimum Gasteiger partial charge on any atom is -0.493 e. The number of halogens is 2. The van der Waals surface area contributed by atoms with E-state index in [4.69, 9.17) is 18.9 Å². The second kappa shape index (κ2) is 12.6. The third-order valence-electron chi connectivity index (χ3n) is 5.41. The Morgan fingerprint density at radius 2 is 1.53 bits per heavy atom. The van der Waals surface area contributed by atoms with Crippen molar-refractivity contribution in [2.45, 2.75) is 33.2 Å². The van der Waals surface area contributed by atoms with Crippen molar-refractivity contribution in [2.24, 2.45) is 0 Å². The van der Waals surface area contributed by atoms with Crippen LogP contribution in [0.15, 0.2) is 64.4 Å². The second-order valence-corrected chi connectivity index (χ2v) is 8.66. The Kier molecular flexibility index (Phi) is 9.52. The maximum absolute atomic E-state index is 13.4. The summed E-state index contributed by atoms with van der Waals surface area (Å²) in [6.07, 6.45) is 3.29. The molecule has 0 aliphatic carbocycles. The highest BCUT2D eigenvalue weighted by Crippen LogP contribution is 2.44. The van der Waals surface area contributed by atoms with Crippen LogP contribution in [-0.2, 0) is 25.6 Å². The number of benzene rings is 2. The largest absolute Gasteiger partial charge is 0.493 e. The van der Waals surface area contributed by atoms with Crippen molar-refractivity contribution in [1.82, 2.24) is 4.90 Å². The van der Waals surface area contributed by atoms with Gasteiger partial charge in [-0.25, -0.2) is 14.0 Å². The Labute approximate surface area is 218 Å². The molecule has 36 heavy (non-hydrogen) atoms. The zero-order valence-electron chi connectivity index (χ0n) is 20.7. The summed E-state index contributed by atoms with van der Waals surface area (Å²) in [5.41, 5.74) is 1.91. The summed E-state index contributed by atoms with van der Waals surface area (Å²) < 4.78 is 36.0. The van der Waals surface area contributed by atoms with Crippen molar-refractivity contribution >= 4 is 27.9 Å². The summed E-state index contributed by atoms with van der Waals surface area (Å²) >= 11 is 3.53. The van der Waals surface area contributed by atoms with E-state index in [0.717, 1.165) is 5.56 Å². The summed E-state index contributed by atoms with van der Waals surface area (Å²) in [5, 5.41) is 0. The van der Waals surface area contributed by atoms with Gasteiger partial charge in [-0.1, -0.05) is 12.1 Å². The fourth-order valence-electron chi connectivity index (χ4n) is 3.92. The molecule has 2 aromatic carbocycles. The lowest BCUT2D eigenvalue weighted by molar-refractivity contribution is -0.139. The molecule has 192 valence electrons. The van der Waals surface area contributed by atoms with E-state index >= 15 is 0 Å². The smallest absolute Gasteiger partial charge is 0.336 e. The monoisotopic (exact) mass is 561 g/mol. The number of rotatable bonds is 10. The van der Waals surface area contributed by atoms with Gasteiger partial charge in [0.25, 0.3) is 0 Å². The molecule has 1 aliphatic heterocycles. The van der Waals surface area contributed by atoms with Crippen molar-refractivity contribution in [2.75, 3.05) is 26.9 Å². The Bertz CT molecular complexity index is 1130. The van der Waals surface area contributed by atoms with Crippen LogP contribution in [0.2, 0.25) is 0 Å². The van der Waals surface area contributed by atoms with E-state index in [2.05, 4.69) is 15.9 Å². The van der Waals surface area contributed by atoms with Gasteiger partial charge in [0.2, 0.25) is 0 Å². The van der Waals surface area contributed by atoms with Gasteiger partial charge in [0, 0.05) is 18.9 Å². The van der Waals surface area contributed by atoms with Crippen LogP contribution in [-0.4, -0.2) is 43.8 Å². The molecule has 0 aromatic heterocycles. The SMILES string of the molecule is CCOC(=O)C1=CN(Cc2ccc(F)cc2)C=C(C(=O)OCC)C1c1cc(Br)c(OCC)c(OC)c1. The van der Waals surface area contributed by atoms with E-state index in [9.17, 15) is 14.0 Å². The molecule has 0 saturated carbocycles. The molecule has 3 rings (SSSR count). The molecule has 0 fully saturated rings. The van der Waals surface area contributed by atoms with Crippen molar-refractivity contribution in [3.63, 3.8) is 0 Å². The highest BCUT2D eigenvalue weighted by molar-refractivity contribution is 9.10. The number of methoxy groups -OCH3 is 1. The van der Waals surface area contributed by atoms with Crippen LogP contribution in [0.1, 0.15) is 37.8 Å². The first-order chi connectivity index (χ1) is 17.3. The van der Waals surface area contributed by atoms with Gasteiger partial charge in [-0.3, -0.25) is 0 Å². The number of ether oxygens (including phenoxy) is 4. The standard InChI is InChI=1S/C27H29BrFNO6/c1-5-34-25-22(28)12-18(13-23(25)33-4)24-20(26(31)35-6-2)15-30(16-21(24)27(32)36-7-3)14-17-8-10-19(29)11-9-17/h8-13,15-16,24H,5-7,14H2,1-4H3. The minimum atomic E-state index is -0.784. The molecule has 0 unspecified atom stereocenters. The second-order valence-electron chi connectivity index (χ2n) is 7.81. The zero-order chi connectivity index (χ0) is 26.2. The number of carbonyl (C=O) groups excluding carboxylic acids is 2. The number of nitrogens with zero attached hydrogens (tertiary/aromatic N) is 1. The average Bonchev–Trinajstić information content (AvgIpc) is 2.86. The van der Waals surface area contributed by atoms with Gasteiger partial charge in [0.1, 0.15) is 5.82 Å². The fourth-order valence-corrected chi connectivity index (χ4v) is 4.50. The van der Waals surface area contributed by atoms with Crippen LogP contribution >= 0.6 is 15.9 Å². The van der Waals surface area contributed by atoms with Crippen molar-refractivity contribution in [3.8, 4) is 11.5 Å². The summed E-state index contributed by atoms with van der Waals surface area (Å²) in [6.45, 7) is 6.34. The molecule has 2 aromatic rings. The summed E-state index contributed by atoms with van der Waals surface area (Å²) in [5.74, 6) is -1.30. The molecular weight excluding hydrogens is 533 g/mol. The molecule has 0 radical (unpaired) electrons. The van der Waals surface area contributed by atoms with Gasteiger partial charge in [-0.2, -0.15) is 0 Å². The highest BCUT2D eigenvalue weighted by atomic mass is 79.9.